The van der Waals surface area contributed by atoms with Crippen LogP contribution in [0.3, 0.4) is 0 Å². The normalized spacial score (nSPS) is 27.0. The van der Waals surface area contributed by atoms with Crippen LogP contribution < -0.4 is 19.7 Å². The number of hydrogen-bond donors (Lipinski definition) is 2. The van der Waals surface area contributed by atoms with Crippen molar-refractivity contribution in [3.63, 3.8) is 0 Å². The number of anilines is 1. The predicted octanol–water partition coefficient (Wildman–Crippen LogP) is 6.40. The minimum atomic E-state index is -3.97. The average Bonchev–Trinajstić information content (AvgIpc) is 3.86. The second kappa shape index (κ2) is 17.1. The summed E-state index contributed by atoms with van der Waals surface area (Å²) in [5, 5.41) is 2.80. The smallest absolute Gasteiger partial charge is 0.408 e. The lowest BCUT2D eigenvalue weighted by Crippen LogP contribution is -2.53. The van der Waals surface area contributed by atoms with Gasteiger partial charge in [0.05, 0.1) is 46.4 Å². The van der Waals surface area contributed by atoms with Gasteiger partial charge in [0, 0.05) is 37.5 Å². The summed E-state index contributed by atoms with van der Waals surface area (Å²) in [6.07, 6.45) is 12.6. The van der Waals surface area contributed by atoms with Crippen molar-refractivity contribution in [3.8, 4) is 17.3 Å². The molecule has 2 aromatic heterocycles. The Labute approximate surface area is 370 Å². The van der Waals surface area contributed by atoms with E-state index in [-0.39, 0.29) is 37.1 Å². The number of ether oxygens (including phenoxy) is 2. The lowest BCUT2D eigenvalue weighted by Gasteiger charge is -2.30. The van der Waals surface area contributed by atoms with Gasteiger partial charge in [-0.05, 0) is 105 Å². The van der Waals surface area contributed by atoms with Gasteiger partial charge in [0.2, 0.25) is 21.8 Å². The molecule has 8 rings (SSSR count). The first-order valence-corrected chi connectivity index (χ1v) is 24.2. The summed E-state index contributed by atoms with van der Waals surface area (Å²) < 4.78 is 42.2. The summed E-state index contributed by atoms with van der Waals surface area (Å²) in [6, 6.07) is 4.07. The van der Waals surface area contributed by atoms with E-state index in [0.29, 0.717) is 55.7 Å². The third-order valence-electron chi connectivity index (χ3n) is 13.4. The molecular weight excluding hydrogens is 825 g/mol. The number of fused-ring (bicyclic) bond motifs is 3. The van der Waals surface area contributed by atoms with E-state index in [1.54, 1.807) is 40.1 Å². The van der Waals surface area contributed by atoms with E-state index in [2.05, 4.69) is 14.9 Å². The number of Topliss-reactive ketones (excluding diaryl/α,β-unsaturated/α-hetero) is 1. The van der Waals surface area contributed by atoms with Crippen LogP contribution in [0.15, 0.2) is 42.7 Å². The summed E-state index contributed by atoms with van der Waals surface area (Å²) in [5.74, 6) is -1.02. The lowest BCUT2D eigenvalue weighted by molar-refractivity contribution is -0.140. The first-order valence-electron chi connectivity index (χ1n) is 22.7. The minimum absolute atomic E-state index is 0.00853. The van der Waals surface area contributed by atoms with Crippen LogP contribution in [0.4, 0.5) is 10.6 Å². The highest BCUT2D eigenvalue weighted by Gasteiger charge is 2.62. The number of sulfonamides is 1. The zero-order valence-corrected chi connectivity index (χ0v) is 38.2. The van der Waals surface area contributed by atoms with Crippen molar-refractivity contribution in [1.29, 1.82) is 0 Å². The predicted molar refractivity (Wildman–Crippen MR) is 237 cm³/mol. The molecule has 3 amide bonds. The van der Waals surface area contributed by atoms with Gasteiger partial charge in [-0.15, -0.1) is 0 Å². The van der Waals surface area contributed by atoms with Crippen molar-refractivity contribution in [2.75, 3.05) is 24.5 Å². The molecule has 0 radical (unpaired) electrons. The first kappa shape index (κ1) is 44.5. The molecule has 2 saturated carbocycles. The summed E-state index contributed by atoms with van der Waals surface area (Å²) in [4.78, 5) is 75.1. The molecule has 3 aromatic rings. The van der Waals surface area contributed by atoms with Crippen LogP contribution in [-0.4, -0.2) is 105 Å². The van der Waals surface area contributed by atoms with Crippen LogP contribution >= 0.6 is 0 Å². The van der Waals surface area contributed by atoms with Crippen molar-refractivity contribution < 1.29 is 37.1 Å². The highest BCUT2D eigenvalue weighted by molar-refractivity contribution is 7.91. The third-order valence-corrected chi connectivity index (χ3v) is 15.5. The van der Waals surface area contributed by atoms with E-state index in [4.69, 9.17) is 24.4 Å². The van der Waals surface area contributed by atoms with Gasteiger partial charge in [-0.25, -0.2) is 18.2 Å². The number of benzene rings is 1. The SMILES string of the molecule is CC(C)n1c(O[C@@H]2C[C@H]3C(=O)C[C@]4(C(=O)NS(=O)(=O)C5(C)CC5)C[C@@H]4/C=C\CCCCC[C@H](NC(=O)OC(C)(C)C)C(=O)N3C2)nc2c(-c3cnc(N4CCCC4)cn3)cccc21. The number of rotatable bonds is 9. The van der Waals surface area contributed by atoms with Crippen LogP contribution in [0, 0.1) is 11.3 Å². The fraction of sp³-hybridized carbons (Fsp3) is 0.630. The first-order chi connectivity index (χ1) is 29.9. The Hall–Kier alpha value is -5.06. The molecule has 1 aromatic carbocycles. The van der Waals surface area contributed by atoms with Crippen molar-refractivity contribution in [1.82, 2.24) is 34.5 Å². The number of nitrogens with one attached hydrogen (secondary N) is 2. The topological polar surface area (TPSA) is 195 Å². The second-order valence-electron chi connectivity index (χ2n) is 19.7. The van der Waals surface area contributed by atoms with Gasteiger partial charge >= 0.3 is 6.09 Å². The molecule has 5 aliphatic rings. The Balaban J connectivity index is 1.11. The third kappa shape index (κ3) is 9.30. The van der Waals surface area contributed by atoms with E-state index in [0.717, 1.165) is 55.7 Å². The Morgan fingerprint density at radius 1 is 1.00 bits per heavy atom. The Morgan fingerprint density at radius 2 is 1.76 bits per heavy atom. The monoisotopic (exact) mass is 886 g/mol. The number of imidazole rings is 1. The molecule has 0 bridgehead atoms. The number of aromatic nitrogens is 4. The maximum absolute atomic E-state index is 14.8. The number of hydrogen-bond acceptors (Lipinski definition) is 12. The van der Waals surface area contributed by atoms with Crippen molar-refractivity contribution in [2.24, 2.45) is 11.3 Å². The van der Waals surface area contributed by atoms with Crippen molar-refractivity contribution in [3.05, 3.63) is 42.7 Å². The van der Waals surface area contributed by atoms with E-state index in [9.17, 15) is 27.6 Å². The Morgan fingerprint density at radius 3 is 2.44 bits per heavy atom. The number of carbonyl (C=O) groups is 4. The van der Waals surface area contributed by atoms with Gasteiger partial charge in [0.25, 0.3) is 6.01 Å². The van der Waals surface area contributed by atoms with E-state index < -0.39 is 61.9 Å². The van der Waals surface area contributed by atoms with Crippen LogP contribution in [0.1, 0.15) is 125 Å². The second-order valence-corrected chi connectivity index (χ2v) is 21.9. The fourth-order valence-corrected chi connectivity index (χ4v) is 10.7. The number of carbonyl (C=O) groups excluding carboxylic acids is 4. The van der Waals surface area contributed by atoms with Crippen LogP contribution in [0.25, 0.3) is 22.3 Å². The molecule has 4 fully saturated rings. The molecule has 340 valence electrons. The van der Waals surface area contributed by atoms with Crippen LogP contribution in [0.2, 0.25) is 0 Å². The van der Waals surface area contributed by atoms with Crippen molar-refractivity contribution in [2.45, 2.75) is 153 Å². The molecule has 0 unspecified atom stereocenters. The molecule has 17 heteroatoms. The molecule has 5 heterocycles. The standard InChI is InChI=1S/C46H62N8O8S/c1-29(2)54-35-18-14-16-32(34-26-48-38(27-47-34)52-21-12-13-22-52)39(35)50-42(54)61-31-23-36-37(55)25-46(41(57)51-63(59,60)45(6)19-20-45)24-30(46)15-10-8-7-9-11-17-33(40(56)53(36)28-31)49-43(58)62-44(3,4)5/h10,14-16,18,26-27,29-31,33,36H,7-9,11-13,17,19-25,28H2,1-6H3,(H,49,58)(H,51,57)/b15-10-/t30-,31+,33-,36-,46+/m0/s1. The van der Waals surface area contributed by atoms with Crippen LogP contribution in [-0.2, 0) is 29.1 Å². The number of amides is 3. The Kier molecular flexibility index (Phi) is 12.1. The molecule has 0 spiro atoms. The van der Waals surface area contributed by atoms with Gasteiger partial charge in [0.1, 0.15) is 29.1 Å². The molecule has 2 aliphatic carbocycles. The molecule has 2 N–H and O–H groups in total. The maximum Gasteiger partial charge on any atom is 0.408 e. The van der Waals surface area contributed by atoms with Crippen molar-refractivity contribution >= 4 is 50.6 Å². The van der Waals surface area contributed by atoms with Gasteiger partial charge in [-0.1, -0.05) is 37.1 Å². The molecule has 2 saturated heterocycles. The summed E-state index contributed by atoms with van der Waals surface area (Å²) in [6.45, 7) is 12.8. The van der Waals surface area contributed by atoms with E-state index >= 15 is 0 Å². The molecule has 3 aliphatic heterocycles. The lowest BCUT2D eigenvalue weighted by atomic mass is 9.91. The molecule has 16 nitrogen and oxygen atoms in total. The maximum atomic E-state index is 14.8. The highest BCUT2D eigenvalue weighted by Crippen LogP contribution is 2.57. The van der Waals surface area contributed by atoms with Gasteiger partial charge in [0.15, 0.2) is 5.78 Å². The number of ketones is 1. The summed E-state index contributed by atoms with van der Waals surface area (Å²) in [7, 11) is -3.97. The molecule has 5 atom stereocenters. The minimum Gasteiger partial charge on any atom is -0.459 e. The summed E-state index contributed by atoms with van der Waals surface area (Å²) >= 11 is 0. The largest absolute Gasteiger partial charge is 0.459 e. The highest BCUT2D eigenvalue weighted by atomic mass is 32.2. The van der Waals surface area contributed by atoms with Gasteiger partial charge < -0.3 is 24.6 Å². The quantitative estimate of drug-likeness (QED) is 0.225. The number of alkyl carbamates (subject to hydrolysis) is 1. The average molecular weight is 887 g/mol. The zero-order chi connectivity index (χ0) is 44.9. The summed E-state index contributed by atoms with van der Waals surface area (Å²) in [5.41, 5.74) is 0.843. The zero-order valence-electron chi connectivity index (χ0n) is 37.4. The van der Waals surface area contributed by atoms with Crippen LogP contribution in [0.5, 0.6) is 6.01 Å². The number of allylic oxidation sites excluding steroid dienone is 2. The number of nitrogens with zero attached hydrogens (tertiary/aromatic N) is 6. The fourth-order valence-electron chi connectivity index (χ4n) is 9.34. The van der Waals surface area contributed by atoms with Gasteiger partial charge in [-0.3, -0.25) is 28.7 Å². The van der Waals surface area contributed by atoms with Gasteiger partial charge in [-0.2, -0.15) is 4.98 Å². The Bertz CT molecular complexity index is 2380. The van der Waals surface area contributed by atoms with E-state index in [1.165, 1.54) is 4.90 Å². The van der Waals surface area contributed by atoms with E-state index in [1.807, 2.05) is 48.8 Å². The molecule has 63 heavy (non-hydrogen) atoms. The number of para-hydroxylation sites is 1. The molecular formula is C46H62N8O8S.